The van der Waals surface area contributed by atoms with Gasteiger partial charge in [0.25, 0.3) is 5.91 Å². The summed E-state index contributed by atoms with van der Waals surface area (Å²) in [4.78, 5) is 14.3. The van der Waals surface area contributed by atoms with Gasteiger partial charge in [-0.3, -0.25) is 4.79 Å². The topological polar surface area (TPSA) is 59.5 Å². The molecule has 110 valence electrons. The van der Waals surface area contributed by atoms with Gasteiger partial charge in [-0.2, -0.15) is 0 Å². The Morgan fingerprint density at radius 2 is 2.14 bits per heavy atom. The third kappa shape index (κ3) is 2.91. The molecule has 1 aromatic heterocycles. The predicted molar refractivity (Wildman–Crippen MR) is 77.2 cm³/mol. The summed E-state index contributed by atoms with van der Waals surface area (Å²) < 4.78 is 19.4. The highest BCUT2D eigenvalue weighted by molar-refractivity contribution is 5.95. The molecule has 0 saturated heterocycles. The molecule has 0 aliphatic heterocycles. The van der Waals surface area contributed by atoms with Gasteiger partial charge in [0.15, 0.2) is 0 Å². The van der Waals surface area contributed by atoms with E-state index in [9.17, 15) is 9.18 Å². The molecule has 1 aromatic carbocycles. The highest BCUT2D eigenvalue weighted by atomic mass is 19.1. The van der Waals surface area contributed by atoms with Gasteiger partial charge >= 0.3 is 0 Å². The van der Waals surface area contributed by atoms with Crippen LogP contribution in [0.25, 0.3) is 0 Å². The van der Waals surface area contributed by atoms with Crippen LogP contribution in [0.1, 0.15) is 34.7 Å². The fourth-order valence-corrected chi connectivity index (χ4v) is 2.35. The van der Waals surface area contributed by atoms with E-state index in [1.807, 2.05) is 19.1 Å². The first kappa shape index (κ1) is 13.7. The van der Waals surface area contributed by atoms with Crippen LogP contribution in [0, 0.1) is 12.7 Å². The average molecular weight is 288 g/mol. The Kier molecular flexibility index (Phi) is 3.41. The summed E-state index contributed by atoms with van der Waals surface area (Å²) in [5.41, 5.74) is 6.05. The normalized spacial score (nSPS) is 14.2. The van der Waals surface area contributed by atoms with Gasteiger partial charge < -0.3 is 15.1 Å². The van der Waals surface area contributed by atoms with E-state index in [4.69, 9.17) is 10.2 Å². The minimum absolute atomic E-state index is 0.0187. The SMILES string of the molecule is Cc1ccc(CN(C(=O)c2cc(N)ccc2F)C2CC2)o1. The number of nitrogens with two attached hydrogens (primary N) is 1. The van der Waals surface area contributed by atoms with Crippen LogP contribution in [0.2, 0.25) is 0 Å². The van der Waals surface area contributed by atoms with Crippen molar-refractivity contribution in [2.45, 2.75) is 32.4 Å². The van der Waals surface area contributed by atoms with Crippen molar-refractivity contribution in [2.24, 2.45) is 0 Å². The molecule has 0 unspecified atom stereocenters. The average Bonchev–Trinajstić information content (AvgIpc) is 3.21. The molecule has 5 heteroatoms. The highest BCUT2D eigenvalue weighted by Gasteiger charge is 2.34. The largest absolute Gasteiger partial charge is 0.464 e. The first-order valence-electron chi connectivity index (χ1n) is 6.96. The van der Waals surface area contributed by atoms with Crippen molar-refractivity contribution in [3.63, 3.8) is 0 Å². The van der Waals surface area contributed by atoms with Gasteiger partial charge in [0.1, 0.15) is 17.3 Å². The molecular weight excluding hydrogens is 271 g/mol. The number of nitrogen functional groups attached to an aromatic ring is 1. The van der Waals surface area contributed by atoms with E-state index in [1.54, 1.807) is 4.90 Å². The first-order valence-corrected chi connectivity index (χ1v) is 6.96. The van der Waals surface area contributed by atoms with E-state index < -0.39 is 5.82 Å². The lowest BCUT2D eigenvalue weighted by Crippen LogP contribution is -2.33. The highest BCUT2D eigenvalue weighted by Crippen LogP contribution is 2.31. The second kappa shape index (κ2) is 5.24. The fourth-order valence-electron chi connectivity index (χ4n) is 2.35. The zero-order valence-electron chi connectivity index (χ0n) is 11.8. The van der Waals surface area contributed by atoms with Gasteiger partial charge in [-0.25, -0.2) is 4.39 Å². The summed E-state index contributed by atoms with van der Waals surface area (Å²) in [6.45, 7) is 2.20. The predicted octanol–water partition coefficient (Wildman–Crippen LogP) is 3.11. The minimum Gasteiger partial charge on any atom is -0.464 e. The summed E-state index contributed by atoms with van der Waals surface area (Å²) in [7, 11) is 0. The number of rotatable bonds is 4. The number of hydrogen-bond donors (Lipinski definition) is 1. The molecule has 0 bridgehead atoms. The van der Waals surface area contributed by atoms with E-state index in [0.29, 0.717) is 18.0 Å². The van der Waals surface area contributed by atoms with Gasteiger partial charge in [-0.15, -0.1) is 0 Å². The Morgan fingerprint density at radius 1 is 1.38 bits per heavy atom. The summed E-state index contributed by atoms with van der Waals surface area (Å²) in [6, 6.07) is 7.91. The molecule has 0 radical (unpaired) electrons. The molecular formula is C16H17FN2O2. The number of amides is 1. The van der Waals surface area contributed by atoms with Crippen LogP contribution < -0.4 is 5.73 Å². The number of anilines is 1. The van der Waals surface area contributed by atoms with E-state index in [-0.39, 0.29) is 17.5 Å². The van der Waals surface area contributed by atoms with Crippen molar-refractivity contribution in [1.29, 1.82) is 0 Å². The van der Waals surface area contributed by atoms with Crippen molar-refractivity contribution >= 4 is 11.6 Å². The molecule has 2 N–H and O–H groups in total. The summed E-state index contributed by atoms with van der Waals surface area (Å²) in [6.07, 6.45) is 1.88. The fraction of sp³-hybridized carbons (Fsp3) is 0.312. The van der Waals surface area contributed by atoms with Crippen LogP contribution in [-0.4, -0.2) is 16.8 Å². The maximum atomic E-state index is 13.9. The number of carbonyl (C=O) groups excluding carboxylic acids is 1. The summed E-state index contributed by atoms with van der Waals surface area (Å²) in [5.74, 6) is 0.618. The third-order valence-electron chi connectivity index (χ3n) is 3.59. The summed E-state index contributed by atoms with van der Waals surface area (Å²) >= 11 is 0. The van der Waals surface area contributed by atoms with Crippen LogP contribution in [0.15, 0.2) is 34.7 Å². The molecule has 1 fully saturated rings. The van der Waals surface area contributed by atoms with E-state index in [0.717, 1.165) is 18.6 Å². The maximum Gasteiger partial charge on any atom is 0.257 e. The molecule has 21 heavy (non-hydrogen) atoms. The Balaban J connectivity index is 1.86. The van der Waals surface area contributed by atoms with Gasteiger partial charge in [0.05, 0.1) is 12.1 Å². The number of halogens is 1. The van der Waals surface area contributed by atoms with Crippen molar-refractivity contribution in [2.75, 3.05) is 5.73 Å². The Bertz CT molecular complexity index is 677. The quantitative estimate of drug-likeness (QED) is 0.879. The molecule has 0 spiro atoms. The lowest BCUT2D eigenvalue weighted by molar-refractivity contribution is 0.0712. The number of aryl methyl sites for hydroxylation is 1. The van der Waals surface area contributed by atoms with Crippen LogP contribution in [0.5, 0.6) is 0 Å². The molecule has 2 aromatic rings. The van der Waals surface area contributed by atoms with Gasteiger partial charge in [0.2, 0.25) is 0 Å². The van der Waals surface area contributed by atoms with Gasteiger partial charge in [-0.1, -0.05) is 0 Å². The lowest BCUT2D eigenvalue weighted by Gasteiger charge is -2.21. The van der Waals surface area contributed by atoms with Crippen molar-refractivity contribution in [3.05, 3.63) is 53.2 Å². The molecule has 1 saturated carbocycles. The monoisotopic (exact) mass is 288 g/mol. The number of carbonyl (C=O) groups is 1. The Morgan fingerprint density at radius 3 is 2.76 bits per heavy atom. The third-order valence-corrected chi connectivity index (χ3v) is 3.59. The minimum atomic E-state index is -0.546. The van der Waals surface area contributed by atoms with Gasteiger partial charge in [0, 0.05) is 11.7 Å². The number of benzene rings is 1. The molecule has 1 aliphatic carbocycles. The molecule has 1 aliphatic rings. The van der Waals surface area contributed by atoms with Crippen molar-refractivity contribution in [1.82, 2.24) is 4.90 Å². The van der Waals surface area contributed by atoms with E-state index in [2.05, 4.69) is 0 Å². The van der Waals surface area contributed by atoms with Crippen molar-refractivity contribution in [3.8, 4) is 0 Å². The standard InChI is InChI=1S/C16H17FN2O2/c1-10-2-6-13(21-10)9-19(12-4-5-12)16(20)14-8-11(18)3-7-15(14)17/h2-3,6-8,12H,4-5,9,18H2,1H3. The van der Waals surface area contributed by atoms with E-state index in [1.165, 1.54) is 18.2 Å². The second-order valence-electron chi connectivity index (χ2n) is 5.42. The second-order valence-corrected chi connectivity index (χ2v) is 5.42. The van der Waals surface area contributed by atoms with E-state index >= 15 is 0 Å². The number of furan rings is 1. The summed E-state index contributed by atoms with van der Waals surface area (Å²) in [5, 5.41) is 0. The molecule has 1 heterocycles. The zero-order chi connectivity index (χ0) is 15.0. The lowest BCUT2D eigenvalue weighted by atomic mass is 10.1. The number of hydrogen-bond acceptors (Lipinski definition) is 3. The van der Waals surface area contributed by atoms with Gasteiger partial charge in [-0.05, 0) is 50.1 Å². The Hall–Kier alpha value is -2.30. The van der Waals surface area contributed by atoms with Crippen LogP contribution >= 0.6 is 0 Å². The maximum absolute atomic E-state index is 13.9. The van der Waals surface area contributed by atoms with Crippen molar-refractivity contribution < 1.29 is 13.6 Å². The molecule has 3 rings (SSSR count). The molecule has 4 nitrogen and oxygen atoms in total. The van der Waals surface area contributed by atoms with Crippen LogP contribution in [0.3, 0.4) is 0 Å². The van der Waals surface area contributed by atoms with Crippen LogP contribution in [-0.2, 0) is 6.54 Å². The molecule has 0 atom stereocenters. The smallest absolute Gasteiger partial charge is 0.257 e. The molecule has 1 amide bonds. The zero-order valence-corrected chi connectivity index (χ0v) is 11.8. The van der Waals surface area contributed by atoms with Crippen LogP contribution in [0.4, 0.5) is 10.1 Å². The first-order chi connectivity index (χ1) is 10.0. The number of nitrogens with zero attached hydrogens (tertiary/aromatic N) is 1. The Labute approximate surface area is 122 Å².